The van der Waals surface area contributed by atoms with Crippen LogP contribution in [0.2, 0.25) is 0 Å². The molecule has 3 aromatic carbocycles. The number of rotatable bonds is 5. The Bertz CT molecular complexity index is 1460. The summed E-state index contributed by atoms with van der Waals surface area (Å²) in [5.41, 5.74) is 6.51. The Kier molecular flexibility index (Phi) is 5.05. The predicted molar refractivity (Wildman–Crippen MR) is 125 cm³/mol. The summed E-state index contributed by atoms with van der Waals surface area (Å²) in [6, 6.07) is 24.4. The number of nitrogens with one attached hydrogen (secondary N) is 2. The monoisotopic (exact) mass is 421 g/mol. The molecule has 7 nitrogen and oxygen atoms in total. The maximum atomic E-state index is 12.8. The van der Waals surface area contributed by atoms with Crippen LogP contribution in [-0.2, 0) is 11.3 Å². The minimum atomic E-state index is -0.301. The molecule has 0 bridgehead atoms. The lowest BCUT2D eigenvalue weighted by Crippen LogP contribution is -2.25. The Morgan fingerprint density at radius 3 is 2.25 bits per heavy atom. The molecule has 1 amide bonds. The van der Waals surface area contributed by atoms with Crippen molar-refractivity contribution >= 4 is 33.9 Å². The number of fused-ring (bicyclic) bond motifs is 2. The molecule has 0 saturated carbocycles. The second-order valence-corrected chi connectivity index (χ2v) is 7.31. The van der Waals surface area contributed by atoms with Crippen LogP contribution in [0.15, 0.2) is 95.0 Å². The maximum absolute atomic E-state index is 12.8. The van der Waals surface area contributed by atoms with Crippen molar-refractivity contribution in [2.24, 2.45) is 5.10 Å². The van der Waals surface area contributed by atoms with Gasteiger partial charge in [-0.2, -0.15) is 10.2 Å². The average molecular weight is 421 g/mol. The van der Waals surface area contributed by atoms with Gasteiger partial charge in [0.05, 0.1) is 29.1 Å². The molecule has 0 aliphatic heterocycles. The molecule has 0 spiro atoms. The number of carbonyl (C=O) groups excluding carboxylic acids is 1. The van der Waals surface area contributed by atoms with Crippen LogP contribution in [0, 0.1) is 0 Å². The van der Waals surface area contributed by atoms with Crippen LogP contribution in [0.4, 0.5) is 0 Å². The molecule has 7 heteroatoms. The van der Waals surface area contributed by atoms with Crippen LogP contribution in [0.5, 0.6) is 0 Å². The molecule has 0 aliphatic rings. The largest absolute Gasteiger partial charge is 0.331 e. The van der Waals surface area contributed by atoms with Gasteiger partial charge in [-0.05, 0) is 24.3 Å². The lowest BCUT2D eigenvalue weighted by atomic mass is 10.1. The van der Waals surface area contributed by atoms with E-state index in [1.54, 1.807) is 24.5 Å². The number of carbonyl (C=O) groups is 1. The van der Waals surface area contributed by atoms with Crippen molar-refractivity contribution in [3.8, 4) is 11.3 Å². The van der Waals surface area contributed by atoms with Gasteiger partial charge < -0.3 is 4.57 Å². The fraction of sp³-hybridized carbons (Fsp3) is 0.0400. The average Bonchev–Trinajstić information content (AvgIpc) is 3.31. The van der Waals surface area contributed by atoms with Crippen molar-refractivity contribution in [3.63, 3.8) is 0 Å². The number of H-pyrrole nitrogens is 1. The number of nitrogens with zero attached hydrogens (tertiary/aromatic N) is 3. The smallest absolute Gasteiger partial charge is 0.260 e. The van der Waals surface area contributed by atoms with Gasteiger partial charge in [0, 0.05) is 21.9 Å². The number of hydrazone groups is 1. The van der Waals surface area contributed by atoms with Crippen molar-refractivity contribution in [2.75, 3.05) is 0 Å². The highest BCUT2D eigenvalue weighted by Crippen LogP contribution is 2.20. The Hall–Kier alpha value is -4.52. The van der Waals surface area contributed by atoms with E-state index >= 15 is 0 Å². The van der Waals surface area contributed by atoms with E-state index in [2.05, 4.69) is 20.7 Å². The Morgan fingerprint density at radius 2 is 1.56 bits per heavy atom. The van der Waals surface area contributed by atoms with Crippen molar-refractivity contribution in [2.45, 2.75) is 6.54 Å². The van der Waals surface area contributed by atoms with Crippen LogP contribution in [-0.4, -0.2) is 26.9 Å². The standard InChI is InChI=1S/C25H19N5O2/c31-23(28-26-14-18-15-27-29-24(18)17-8-2-1-3-9-17)16-30-21-12-6-4-10-19(21)25(32)20-11-5-7-13-22(20)30/h1-15H,16H2,(H,27,29)(H,28,31). The first kappa shape index (κ1) is 19.4. The van der Waals surface area contributed by atoms with Crippen LogP contribution >= 0.6 is 0 Å². The second kappa shape index (κ2) is 8.31. The fourth-order valence-electron chi connectivity index (χ4n) is 3.83. The third-order valence-corrected chi connectivity index (χ3v) is 5.30. The molecule has 0 radical (unpaired) electrons. The molecule has 2 aromatic heterocycles. The summed E-state index contributed by atoms with van der Waals surface area (Å²) in [4.78, 5) is 25.6. The lowest BCUT2D eigenvalue weighted by Gasteiger charge is -2.14. The summed E-state index contributed by atoms with van der Waals surface area (Å²) in [6.45, 7) is 0.0234. The number of amides is 1. The molecule has 5 aromatic rings. The summed E-state index contributed by atoms with van der Waals surface area (Å²) < 4.78 is 1.84. The van der Waals surface area contributed by atoms with E-state index in [-0.39, 0.29) is 17.9 Å². The fourth-order valence-corrected chi connectivity index (χ4v) is 3.83. The normalized spacial score (nSPS) is 11.4. The van der Waals surface area contributed by atoms with E-state index in [9.17, 15) is 9.59 Å². The van der Waals surface area contributed by atoms with E-state index in [1.165, 1.54) is 0 Å². The molecule has 0 aliphatic carbocycles. The van der Waals surface area contributed by atoms with E-state index in [1.807, 2.05) is 71.3 Å². The zero-order valence-electron chi connectivity index (χ0n) is 17.0. The molecule has 32 heavy (non-hydrogen) atoms. The van der Waals surface area contributed by atoms with Crippen LogP contribution < -0.4 is 10.9 Å². The lowest BCUT2D eigenvalue weighted by molar-refractivity contribution is -0.121. The van der Waals surface area contributed by atoms with E-state index in [0.717, 1.165) is 16.8 Å². The van der Waals surface area contributed by atoms with Crippen LogP contribution in [0.25, 0.3) is 33.1 Å². The van der Waals surface area contributed by atoms with Crippen molar-refractivity contribution < 1.29 is 4.79 Å². The Morgan fingerprint density at radius 1 is 0.938 bits per heavy atom. The molecule has 0 atom stereocenters. The van der Waals surface area contributed by atoms with Gasteiger partial charge in [0.2, 0.25) is 0 Å². The van der Waals surface area contributed by atoms with Gasteiger partial charge in [0.15, 0.2) is 5.43 Å². The summed E-state index contributed by atoms with van der Waals surface area (Å²) in [5.74, 6) is -0.301. The SMILES string of the molecule is O=C(Cn1c2ccccc2c(=O)c2ccccc21)NN=Cc1cn[nH]c1-c1ccccc1. The van der Waals surface area contributed by atoms with Gasteiger partial charge in [0.25, 0.3) is 5.91 Å². The van der Waals surface area contributed by atoms with Gasteiger partial charge >= 0.3 is 0 Å². The van der Waals surface area contributed by atoms with Gasteiger partial charge in [-0.3, -0.25) is 14.7 Å². The third kappa shape index (κ3) is 3.56. The highest BCUT2D eigenvalue weighted by atomic mass is 16.2. The second-order valence-electron chi connectivity index (χ2n) is 7.31. The van der Waals surface area contributed by atoms with E-state index < -0.39 is 0 Å². The number of para-hydroxylation sites is 2. The molecular weight excluding hydrogens is 402 g/mol. The number of aromatic nitrogens is 3. The summed E-state index contributed by atoms with van der Waals surface area (Å²) in [5, 5.41) is 12.3. The first-order valence-corrected chi connectivity index (χ1v) is 10.1. The quantitative estimate of drug-likeness (QED) is 0.258. The van der Waals surface area contributed by atoms with Gasteiger partial charge in [-0.25, -0.2) is 5.43 Å². The zero-order valence-corrected chi connectivity index (χ0v) is 17.0. The number of pyridine rings is 1. The van der Waals surface area contributed by atoms with Crippen molar-refractivity contribution in [3.05, 3.63) is 101 Å². The molecular formula is C25H19N5O2. The van der Waals surface area contributed by atoms with Crippen molar-refractivity contribution in [1.29, 1.82) is 0 Å². The summed E-state index contributed by atoms with van der Waals surface area (Å²) in [7, 11) is 0. The number of benzene rings is 3. The molecule has 2 N–H and O–H groups in total. The Labute approximate surface area is 183 Å². The highest BCUT2D eigenvalue weighted by Gasteiger charge is 2.12. The topological polar surface area (TPSA) is 92.1 Å². The van der Waals surface area contributed by atoms with Crippen LogP contribution in [0.1, 0.15) is 5.56 Å². The molecule has 156 valence electrons. The summed E-state index contributed by atoms with van der Waals surface area (Å²) in [6.07, 6.45) is 3.21. The van der Waals surface area contributed by atoms with E-state index in [0.29, 0.717) is 21.8 Å². The molecule has 5 rings (SSSR count). The molecule has 0 saturated heterocycles. The predicted octanol–water partition coefficient (Wildman–Crippen LogP) is 3.70. The zero-order chi connectivity index (χ0) is 21.9. The Balaban J connectivity index is 1.42. The number of hydrogen-bond donors (Lipinski definition) is 2. The van der Waals surface area contributed by atoms with Gasteiger partial charge in [-0.15, -0.1) is 0 Å². The first-order valence-electron chi connectivity index (χ1n) is 10.1. The molecule has 2 heterocycles. The third-order valence-electron chi connectivity index (χ3n) is 5.30. The van der Waals surface area contributed by atoms with Gasteiger partial charge in [0.1, 0.15) is 6.54 Å². The number of aromatic amines is 1. The van der Waals surface area contributed by atoms with Crippen molar-refractivity contribution in [1.82, 2.24) is 20.2 Å². The minimum Gasteiger partial charge on any atom is -0.331 e. The summed E-state index contributed by atoms with van der Waals surface area (Å²) >= 11 is 0. The molecule has 0 fully saturated rings. The van der Waals surface area contributed by atoms with E-state index in [4.69, 9.17) is 0 Å². The first-order chi connectivity index (χ1) is 15.7. The van der Waals surface area contributed by atoms with Crippen LogP contribution in [0.3, 0.4) is 0 Å². The molecule has 0 unspecified atom stereocenters. The number of hydrogen-bond acceptors (Lipinski definition) is 4. The highest BCUT2D eigenvalue weighted by molar-refractivity contribution is 5.95. The van der Waals surface area contributed by atoms with Gasteiger partial charge in [-0.1, -0.05) is 54.6 Å². The minimum absolute atomic E-state index is 0.0234. The maximum Gasteiger partial charge on any atom is 0.260 e.